The van der Waals surface area contributed by atoms with Crippen LogP contribution >= 0.6 is 0 Å². The number of allylic oxidation sites excluding steroid dienone is 2. The highest BCUT2D eigenvalue weighted by molar-refractivity contribution is 6.08. The highest BCUT2D eigenvalue weighted by Gasteiger charge is 2.40. The molecule has 0 aromatic heterocycles. The van der Waals surface area contributed by atoms with Crippen molar-refractivity contribution in [2.24, 2.45) is 5.92 Å². The summed E-state index contributed by atoms with van der Waals surface area (Å²) in [6.07, 6.45) is 2.71. The number of nitriles is 2. The molecule has 0 saturated carbocycles. The van der Waals surface area contributed by atoms with Crippen LogP contribution in [0.4, 0.5) is 0 Å². The van der Waals surface area contributed by atoms with E-state index in [-0.39, 0.29) is 21.9 Å². The van der Waals surface area contributed by atoms with Crippen molar-refractivity contribution in [1.82, 2.24) is 0 Å². The molecule has 0 N–H and O–H groups in total. The molecule has 2 unspecified atom stereocenters. The average Bonchev–Trinajstić information content (AvgIpc) is 2.96. The van der Waals surface area contributed by atoms with Gasteiger partial charge >= 0.3 is 0 Å². The van der Waals surface area contributed by atoms with Crippen LogP contribution in [0.1, 0.15) is 17.0 Å². The molecule has 0 saturated heterocycles. The van der Waals surface area contributed by atoms with E-state index >= 15 is 0 Å². The third-order valence-electron chi connectivity index (χ3n) is 3.78. The molecule has 9 heteroatoms. The number of nitrogens with zero attached hydrogens (tertiary/aromatic N) is 5. The Labute approximate surface area is 135 Å². The molecule has 0 bridgehead atoms. The fraction of sp³-hybridized carbons (Fsp3) is 0.133. The van der Waals surface area contributed by atoms with Crippen LogP contribution in [0, 0.1) is 43.9 Å². The van der Waals surface area contributed by atoms with Gasteiger partial charge in [0.1, 0.15) is 0 Å². The molecule has 2 aliphatic rings. The summed E-state index contributed by atoms with van der Waals surface area (Å²) in [5.74, 6) is -1.96. The van der Waals surface area contributed by atoms with Gasteiger partial charge in [-0.1, -0.05) is 24.3 Å². The molecule has 1 aliphatic carbocycles. The number of nitro groups is 1. The van der Waals surface area contributed by atoms with E-state index in [9.17, 15) is 25.8 Å². The Morgan fingerprint density at radius 1 is 1.38 bits per heavy atom. The zero-order chi connectivity index (χ0) is 17.3. The lowest BCUT2D eigenvalue weighted by molar-refractivity contribution is -0.717. The molecule has 9 nitrogen and oxygen atoms in total. The van der Waals surface area contributed by atoms with E-state index in [0.29, 0.717) is 5.56 Å². The second kappa shape index (κ2) is 5.74. The van der Waals surface area contributed by atoms with Gasteiger partial charge in [-0.3, -0.25) is 15.3 Å². The smallest absolute Gasteiger partial charge is 0.258 e. The zero-order valence-electron chi connectivity index (χ0n) is 12.0. The summed E-state index contributed by atoms with van der Waals surface area (Å²) in [4.78, 5) is 15.3. The van der Waals surface area contributed by atoms with Gasteiger partial charge in [0.25, 0.3) is 5.71 Å². The minimum atomic E-state index is -0.984. The normalized spacial score (nSPS) is 19.7. The largest absolute Gasteiger partial charge is 0.567 e. The van der Waals surface area contributed by atoms with Crippen LogP contribution in [0.3, 0.4) is 0 Å². The zero-order valence-corrected chi connectivity index (χ0v) is 12.0. The molecular weight excluding hydrogens is 314 g/mol. The number of rotatable bonds is 3. The number of hydrogen-bond donors (Lipinski definition) is 0. The van der Waals surface area contributed by atoms with E-state index < -0.39 is 22.5 Å². The third kappa shape index (κ3) is 2.21. The molecule has 0 fully saturated rings. The van der Waals surface area contributed by atoms with Crippen molar-refractivity contribution in [3.63, 3.8) is 0 Å². The summed E-state index contributed by atoms with van der Waals surface area (Å²) < 4.78 is 0. The maximum atomic E-state index is 11.5. The lowest BCUT2D eigenvalue weighted by Gasteiger charge is -2.24. The molecule has 1 aliphatic heterocycles. The summed E-state index contributed by atoms with van der Waals surface area (Å²) in [6, 6.07) is 10.4. The quantitative estimate of drug-likeness (QED) is 0.473. The van der Waals surface area contributed by atoms with Gasteiger partial charge in [-0.2, -0.15) is 10.5 Å². The van der Waals surface area contributed by atoms with Crippen LogP contribution in [0.5, 0.6) is 0 Å². The minimum absolute atomic E-state index is 0.0656. The van der Waals surface area contributed by atoms with Crippen LogP contribution in [-0.2, 0) is 4.94 Å². The molecule has 0 spiro atoms. The number of benzene rings is 1. The van der Waals surface area contributed by atoms with E-state index in [1.807, 2.05) is 12.1 Å². The molecule has 1 aromatic rings. The Bertz CT molecular complexity index is 903. The SMILES string of the molecule is N#Cc1ccccc1C(C#N)C1C=CC2=[N+]([O-])O[N-]C2=C1[N+](=O)[O-]. The van der Waals surface area contributed by atoms with Gasteiger partial charge in [0.15, 0.2) is 0 Å². The molecule has 24 heavy (non-hydrogen) atoms. The van der Waals surface area contributed by atoms with Gasteiger partial charge in [0.05, 0.1) is 34.5 Å². The van der Waals surface area contributed by atoms with Crippen LogP contribution in [-0.4, -0.2) is 15.5 Å². The number of fused-ring (bicyclic) bond motifs is 1. The predicted molar refractivity (Wildman–Crippen MR) is 79.2 cm³/mol. The second-order valence-corrected chi connectivity index (χ2v) is 5.00. The van der Waals surface area contributed by atoms with Crippen molar-refractivity contribution in [2.45, 2.75) is 5.92 Å². The van der Waals surface area contributed by atoms with E-state index in [0.717, 1.165) is 0 Å². The highest BCUT2D eigenvalue weighted by Crippen LogP contribution is 2.39. The first kappa shape index (κ1) is 15.1. The topological polar surface area (TPSA) is 140 Å². The van der Waals surface area contributed by atoms with Crippen LogP contribution < -0.4 is 0 Å². The van der Waals surface area contributed by atoms with Gasteiger partial charge in [-0.05, 0) is 11.6 Å². The standard InChI is InChI=1S/C15H8N5O4/c16-7-9-3-1-2-4-10(9)12(8-17)11-5-6-13-14(15(11)19(21)22)18-24-20(13)23/h1-6,11-12H/q-1. The van der Waals surface area contributed by atoms with Crippen LogP contribution in [0.2, 0.25) is 0 Å². The minimum Gasteiger partial charge on any atom is -0.567 e. The first-order valence-electron chi connectivity index (χ1n) is 6.76. The number of hydrogen-bond acceptors (Lipinski definition) is 6. The summed E-state index contributed by atoms with van der Waals surface area (Å²) >= 11 is 0. The van der Waals surface area contributed by atoms with Crippen molar-refractivity contribution in [3.8, 4) is 12.1 Å². The average molecular weight is 322 g/mol. The molecule has 3 rings (SSSR count). The van der Waals surface area contributed by atoms with Crippen LogP contribution in [0.15, 0.2) is 47.8 Å². The van der Waals surface area contributed by atoms with Crippen molar-refractivity contribution in [3.05, 3.63) is 79.7 Å². The molecule has 0 radical (unpaired) electrons. The summed E-state index contributed by atoms with van der Waals surface area (Å²) in [7, 11) is 0. The third-order valence-corrected chi connectivity index (χ3v) is 3.78. The second-order valence-electron chi connectivity index (χ2n) is 5.00. The highest BCUT2D eigenvalue weighted by atomic mass is 16.9. The Morgan fingerprint density at radius 3 is 2.79 bits per heavy atom. The maximum absolute atomic E-state index is 11.5. The Balaban J connectivity index is 2.14. The summed E-state index contributed by atoms with van der Waals surface area (Å²) in [5.41, 5.74) is 3.34. The van der Waals surface area contributed by atoms with Crippen molar-refractivity contribution < 1.29 is 14.8 Å². The molecule has 1 heterocycles. The van der Waals surface area contributed by atoms with Gasteiger partial charge in [0, 0.05) is 16.7 Å². The first-order valence-corrected chi connectivity index (χ1v) is 6.76. The monoisotopic (exact) mass is 322 g/mol. The fourth-order valence-electron chi connectivity index (χ4n) is 2.71. The Kier molecular flexibility index (Phi) is 3.60. The van der Waals surface area contributed by atoms with Gasteiger partial charge in [0.2, 0.25) is 5.70 Å². The lowest BCUT2D eigenvalue weighted by Crippen LogP contribution is -2.25. The Morgan fingerprint density at radius 2 is 2.12 bits per heavy atom. The molecule has 2 atom stereocenters. The van der Waals surface area contributed by atoms with E-state index in [2.05, 4.69) is 10.4 Å². The molecule has 0 amide bonds. The first-order chi connectivity index (χ1) is 11.6. The fourth-order valence-corrected chi connectivity index (χ4v) is 2.71. The number of hydroxylamine groups is 1. The van der Waals surface area contributed by atoms with Crippen molar-refractivity contribution in [2.75, 3.05) is 0 Å². The lowest BCUT2D eigenvalue weighted by atomic mass is 9.80. The Hall–Kier alpha value is -3.85. The molecule has 118 valence electrons. The molecular formula is C15H8N5O4-. The van der Waals surface area contributed by atoms with Crippen molar-refractivity contribution >= 4 is 5.71 Å². The van der Waals surface area contributed by atoms with E-state index in [1.54, 1.807) is 18.2 Å². The van der Waals surface area contributed by atoms with Crippen LogP contribution in [0.25, 0.3) is 5.48 Å². The van der Waals surface area contributed by atoms with Gasteiger partial charge in [-0.15, -0.1) is 0 Å². The van der Waals surface area contributed by atoms with E-state index in [1.165, 1.54) is 18.2 Å². The molecule has 1 aromatic carbocycles. The van der Waals surface area contributed by atoms with Crippen molar-refractivity contribution in [1.29, 1.82) is 10.5 Å². The predicted octanol–water partition coefficient (Wildman–Crippen LogP) is 2.02. The maximum Gasteiger partial charge on any atom is 0.258 e. The van der Waals surface area contributed by atoms with Gasteiger partial charge in [-0.25, -0.2) is 0 Å². The van der Waals surface area contributed by atoms with Gasteiger partial charge < -0.3 is 10.4 Å². The summed E-state index contributed by atoms with van der Waals surface area (Å²) in [5, 5.41) is 41.7. The van der Waals surface area contributed by atoms with E-state index in [4.69, 9.17) is 0 Å². The summed E-state index contributed by atoms with van der Waals surface area (Å²) in [6.45, 7) is 0.